The van der Waals surface area contributed by atoms with Crippen LogP contribution in [0.1, 0.15) is 34.1 Å². The van der Waals surface area contributed by atoms with Gasteiger partial charge in [-0.2, -0.15) is 0 Å². The fourth-order valence-corrected chi connectivity index (χ4v) is 2.09. The van der Waals surface area contributed by atoms with Crippen LogP contribution in [0.5, 0.6) is 0 Å². The lowest BCUT2D eigenvalue weighted by Crippen LogP contribution is -2.52. The molecule has 1 saturated heterocycles. The highest BCUT2D eigenvalue weighted by Gasteiger charge is 2.38. The summed E-state index contributed by atoms with van der Waals surface area (Å²) in [6.07, 6.45) is 1.51. The molecule has 0 radical (unpaired) electrons. The molecule has 3 atom stereocenters. The van der Waals surface area contributed by atoms with Crippen molar-refractivity contribution in [3.63, 3.8) is 0 Å². The molecule has 72 valence electrons. The molecule has 0 aliphatic carbocycles. The van der Waals surface area contributed by atoms with Crippen LogP contribution in [-0.2, 0) is 4.74 Å². The van der Waals surface area contributed by atoms with E-state index in [1.807, 2.05) is 7.05 Å². The van der Waals surface area contributed by atoms with Gasteiger partial charge in [0.25, 0.3) is 0 Å². The predicted molar refractivity (Wildman–Crippen MR) is 51.3 cm³/mol. The monoisotopic (exact) mass is 171 g/mol. The van der Waals surface area contributed by atoms with E-state index in [0.717, 1.165) is 6.42 Å². The number of nitrogens with one attached hydrogen (secondary N) is 1. The molecular formula is C10H21NO. The molecule has 1 aliphatic heterocycles. The van der Waals surface area contributed by atoms with Crippen LogP contribution < -0.4 is 5.32 Å². The Bertz CT molecular complexity index is 156. The summed E-state index contributed by atoms with van der Waals surface area (Å²) in [5.74, 6) is 0.582. The summed E-state index contributed by atoms with van der Waals surface area (Å²) < 4.78 is 5.88. The van der Waals surface area contributed by atoms with E-state index >= 15 is 0 Å². The Morgan fingerprint density at radius 2 is 1.92 bits per heavy atom. The molecule has 2 nitrogen and oxygen atoms in total. The van der Waals surface area contributed by atoms with Crippen LogP contribution in [0.3, 0.4) is 0 Å². The fraction of sp³-hybridized carbons (Fsp3) is 1.00. The van der Waals surface area contributed by atoms with Gasteiger partial charge in [0.05, 0.1) is 11.7 Å². The smallest absolute Gasteiger partial charge is 0.0670 e. The van der Waals surface area contributed by atoms with Crippen LogP contribution in [-0.4, -0.2) is 24.8 Å². The normalized spacial score (nSPS) is 41.2. The van der Waals surface area contributed by atoms with E-state index in [2.05, 4.69) is 33.0 Å². The van der Waals surface area contributed by atoms with Crippen LogP contribution in [0.15, 0.2) is 0 Å². The van der Waals surface area contributed by atoms with Gasteiger partial charge in [-0.15, -0.1) is 0 Å². The third-order valence-electron chi connectivity index (χ3n) is 3.16. The molecule has 0 bridgehead atoms. The number of hydrogen-bond acceptors (Lipinski definition) is 2. The van der Waals surface area contributed by atoms with Gasteiger partial charge in [0, 0.05) is 6.04 Å². The molecule has 3 unspecified atom stereocenters. The number of ether oxygens (including phenoxy) is 1. The maximum Gasteiger partial charge on any atom is 0.0670 e. The Labute approximate surface area is 75.7 Å². The standard InChI is InChI=1S/C10H21NO/c1-7-6-9(11-5)8(2)10(3,4)12-7/h7-9,11H,6H2,1-5H3. The van der Waals surface area contributed by atoms with Crippen molar-refractivity contribution in [2.24, 2.45) is 5.92 Å². The zero-order chi connectivity index (χ0) is 9.35. The second kappa shape index (κ2) is 3.35. The first-order chi connectivity index (χ1) is 5.47. The molecule has 1 heterocycles. The minimum Gasteiger partial charge on any atom is -0.372 e. The van der Waals surface area contributed by atoms with Crippen molar-refractivity contribution in [1.82, 2.24) is 5.32 Å². The molecule has 2 heteroatoms. The summed E-state index contributed by atoms with van der Waals surface area (Å²) in [6.45, 7) is 8.76. The van der Waals surface area contributed by atoms with Gasteiger partial charge >= 0.3 is 0 Å². The summed E-state index contributed by atoms with van der Waals surface area (Å²) in [4.78, 5) is 0. The molecule has 12 heavy (non-hydrogen) atoms. The lowest BCUT2D eigenvalue weighted by Gasteiger charge is -2.45. The number of hydrogen-bond donors (Lipinski definition) is 1. The Kier molecular flexibility index (Phi) is 2.79. The van der Waals surface area contributed by atoms with Crippen molar-refractivity contribution in [2.75, 3.05) is 7.05 Å². The van der Waals surface area contributed by atoms with Gasteiger partial charge in [-0.3, -0.25) is 0 Å². The highest BCUT2D eigenvalue weighted by molar-refractivity contribution is 4.91. The topological polar surface area (TPSA) is 21.3 Å². The van der Waals surface area contributed by atoms with Crippen molar-refractivity contribution < 1.29 is 4.74 Å². The first-order valence-electron chi connectivity index (χ1n) is 4.82. The van der Waals surface area contributed by atoms with Crippen LogP contribution >= 0.6 is 0 Å². The molecule has 0 spiro atoms. The van der Waals surface area contributed by atoms with Gasteiger partial charge < -0.3 is 10.1 Å². The lowest BCUT2D eigenvalue weighted by molar-refractivity contribution is -0.141. The second-order valence-electron chi connectivity index (χ2n) is 4.45. The van der Waals surface area contributed by atoms with E-state index in [-0.39, 0.29) is 5.60 Å². The van der Waals surface area contributed by atoms with Gasteiger partial charge in [-0.05, 0) is 40.2 Å². The zero-order valence-corrected chi connectivity index (χ0v) is 8.85. The summed E-state index contributed by atoms with van der Waals surface area (Å²) in [5, 5.41) is 3.36. The summed E-state index contributed by atoms with van der Waals surface area (Å²) in [6, 6.07) is 0.601. The Balaban J connectivity index is 2.68. The van der Waals surface area contributed by atoms with Gasteiger partial charge in [-0.25, -0.2) is 0 Å². The summed E-state index contributed by atoms with van der Waals surface area (Å²) in [5.41, 5.74) is 0.0192. The zero-order valence-electron chi connectivity index (χ0n) is 8.85. The van der Waals surface area contributed by atoms with E-state index in [9.17, 15) is 0 Å². The minimum absolute atomic E-state index is 0.0192. The average Bonchev–Trinajstić information content (AvgIpc) is 1.96. The van der Waals surface area contributed by atoms with E-state index in [1.165, 1.54) is 0 Å². The van der Waals surface area contributed by atoms with E-state index in [1.54, 1.807) is 0 Å². The Morgan fingerprint density at radius 1 is 1.33 bits per heavy atom. The summed E-state index contributed by atoms with van der Waals surface area (Å²) in [7, 11) is 2.04. The van der Waals surface area contributed by atoms with Crippen LogP contribution in [0, 0.1) is 5.92 Å². The second-order valence-corrected chi connectivity index (χ2v) is 4.45. The molecule has 1 rings (SSSR count). The van der Waals surface area contributed by atoms with Crippen molar-refractivity contribution >= 4 is 0 Å². The molecule has 0 saturated carbocycles. The van der Waals surface area contributed by atoms with Crippen LogP contribution in [0.25, 0.3) is 0 Å². The predicted octanol–water partition coefficient (Wildman–Crippen LogP) is 1.80. The highest BCUT2D eigenvalue weighted by atomic mass is 16.5. The van der Waals surface area contributed by atoms with Crippen LogP contribution in [0.4, 0.5) is 0 Å². The average molecular weight is 171 g/mol. The maximum atomic E-state index is 5.88. The molecule has 1 fully saturated rings. The van der Waals surface area contributed by atoms with Crippen molar-refractivity contribution in [3.8, 4) is 0 Å². The summed E-state index contributed by atoms with van der Waals surface area (Å²) >= 11 is 0. The van der Waals surface area contributed by atoms with Crippen LogP contribution in [0.2, 0.25) is 0 Å². The highest BCUT2D eigenvalue weighted by Crippen LogP contribution is 2.33. The van der Waals surface area contributed by atoms with Gasteiger partial charge in [-0.1, -0.05) is 6.92 Å². The molecule has 1 aliphatic rings. The molecular weight excluding hydrogens is 150 g/mol. The number of rotatable bonds is 1. The third-order valence-corrected chi connectivity index (χ3v) is 3.16. The fourth-order valence-electron chi connectivity index (χ4n) is 2.09. The lowest BCUT2D eigenvalue weighted by atomic mass is 9.81. The van der Waals surface area contributed by atoms with Crippen molar-refractivity contribution in [2.45, 2.75) is 51.9 Å². The van der Waals surface area contributed by atoms with Gasteiger partial charge in [0.15, 0.2) is 0 Å². The van der Waals surface area contributed by atoms with Gasteiger partial charge in [0.2, 0.25) is 0 Å². The Hall–Kier alpha value is -0.0800. The van der Waals surface area contributed by atoms with Crippen molar-refractivity contribution in [1.29, 1.82) is 0 Å². The van der Waals surface area contributed by atoms with E-state index in [4.69, 9.17) is 4.74 Å². The Morgan fingerprint density at radius 3 is 2.42 bits per heavy atom. The van der Waals surface area contributed by atoms with E-state index in [0.29, 0.717) is 18.1 Å². The third kappa shape index (κ3) is 1.80. The molecule has 0 aromatic heterocycles. The first kappa shape index (κ1) is 10.0. The largest absolute Gasteiger partial charge is 0.372 e. The maximum absolute atomic E-state index is 5.88. The molecule has 0 amide bonds. The van der Waals surface area contributed by atoms with Gasteiger partial charge in [0.1, 0.15) is 0 Å². The molecule has 1 N–H and O–H groups in total. The molecule has 0 aromatic rings. The first-order valence-corrected chi connectivity index (χ1v) is 4.82. The SMILES string of the molecule is CNC1CC(C)OC(C)(C)C1C. The van der Waals surface area contributed by atoms with Crippen molar-refractivity contribution in [3.05, 3.63) is 0 Å². The van der Waals surface area contributed by atoms with E-state index < -0.39 is 0 Å². The molecule has 0 aromatic carbocycles. The minimum atomic E-state index is 0.0192. The quantitative estimate of drug-likeness (QED) is 0.649.